The molecule has 0 spiro atoms. The van der Waals surface area contributed by atoms with E-state index in [4.69, 9.17) is 15.0 Å². The minimum atomic E-state index is 0.625. The molecular weight excluding hydrogens is 683 g/mol. The van der Waals surface area contributed by atoms with Crippen LogP contribution in [0.25, 0.3) is 111 Å². The first-order valence-corrected chi connectivity index (χ1v) is 19.0. The maximum Gasteiger partial charge on any atom is 0.164 e. The van der Waals surface area contributed by atoms with E-state index in [1.165, 1.54) is 48.9 Å². The van der Waals surface area contributed by atoms with E-state index in [1.807, 2.05) is 24.3 Å². The molecule has 260 valence electrons. The van der Waals surface area contributed by atoms with E-state index in [2.05, 4.69) is 173 Å². The summed E-state index contributed by atoms with van der Waals surface area (Å²) in [6, 6.07) is 66.6. The number of para-hydroxylation sites is 2. The molecule has 0 radical (unpaired) electrons. The minimum absolute atomic E-state index is 0.625. The molecule has 5 heteroatoms. The van der Waals surface area contributed by atoms with Crippen LogP contribution in [0.1, 0.15) is 0 Å². The van der Waals surface area contributed by atoms with Gasteiger partial charge < -0.3 is 8.97 Å². The van der Waals surface area contributed by atoms with Gasteiger partial charge in [0.25, 0.3) is 0 Å². The smallest absolute Gasteiger partial charge is 0.164 e. The number of aromatic nitrogens is 5. The molecule has 8 aromatic carbocycles. The molecule has 12 rings (SSSR count). The van der Waals surface area contributed by atoms with Gasteiger partial charge in [-0.2, -0.15) is 0 Å². The highest BCUT2D eigenvalue weighted by molar-refractivity contribution is 6.33. The topological polar surface area (TPSA) is 48.0 Å². The van der Waals surface area contributed by atoms with Crippen molar-refractivity contribution in [2.75, 3.05) is 0 Å². The monoisotopic (exact) mass is 713 g/mol. The van der Waals surface area contributed by atoms with E-state index in [0.29, 0.717) is 17.5 Å². The average Bonchev–Trinajstić information content (AvgIpc) is 3.75. The summed E-state index contributed by atoms with van der Waals surface area (Å²) in [5.74, 6) is 1.90. The minimum Gasteiger partial charge on any atom is -0.309 e. The highest BCUT2D eigenvalue weighted by Gasteiger charge is 2.23. The van der Waals surface area contributed by atoms with Crippen LogP contribution in [-0.4, -0.2) is 23.9 Å². The second-order valence-electron chi connectivity index (χ2n) is 14.4. The fraction of sp³-hybridized carbons (Fsp3) is 0. The van der Waals surface area contributed by atoms with Gasteiger partial charge in [0, 0.05) is 49.3 Å². The molecule has 56 heavy (non-hydrogen) atoms. The number of fused-ring (bicyclic) bond motifs is 6. The summed E-state index contributed by atoms with van der Waals surface area (Å²) in [5.41, 5.74) is 12.1. The Morgan fingerprint density at radius 3 is 1.54 bits per heavy atom. The summed E-state index contributed by atoms with van der Waals surface area (Å²) in [6.07, 6.45) is 0. The van der Waals surface area contributed by atoms with Crippen molar-refractivity contribution in [3.05, 3.63) is 188 Å². The molecule has 0 N–H and O–H groups in total. The molecular formula is C51H31N5. The van der Waals surface area contributed by atoms with Gasteiger partial charge in [-0.3, -0.25) is 0 Å². The van der Waals surface area contributed by atoms with Gasteiger partial charge in [-0.25, -0.2) is 15.0 Å². The van der Waals surface area contributed by atoms with Crippen molar-refractivity contribution < 1.29 is 0 Å². The molecule has 0 aliphatic rings. The molecule has 0 aliphatic carbocycles. The van der Waals surface area contributed by atoms with Crippen LogP contribution in [-0.2, 0) is 0 Å². The molecule has 0 aliphatic heterocycles. The fourth-order valence-electron chi connectivity index (χ4n) is 8.85. The maximum absolute atomic E-state index is 5.17. The number of nitrogens with zero attached hydrogens (tertiary/aromatic N) is 5. The number of hydrogen-bond acceptors (Lipinski definition) is 3. The van der Waals surface area contributed by atoms with Crippen molar-refractivity contribution in [2.45, 2.75) is 0 Å². The fourth-order valence-corrected chi connectivity index (χ4v) is 8.85. The average molecular weight is 714 g/mol. The van der Waals surface area contributed by atoms with Crippen LogP contribution in [0.5, 0.6) is 0 Å². The van der Waals surface area contributed by atoms with Gasteiger partial charge in [0.05, 0.1) is 27.6 Å². The first-order valence-electron chi connectivity index (χ1n) is 19.0. The zero-order valence-corrected chi connectivity index (χ0v) is 30.1. The summed E-state index contributed by atoms with van der Waals surface area (Å²) >= 11 is 0. The SMILES string of the molecule is c1ccc(-c2cccc(-c3nc(-c4ccccc4)nc(-c4cccc(-n5c6cccc7c8ccccc8n8c9ccccc9c9ccc5c(c76)c98)c4)n3)c2)cc1. The summed E-state index contributed by atoms with van der Waals surface area (Å²) < 4.78 is 4.89. The number of rotatable bonds is 5. The molecule has 4 aromatic heterocycles. The zero-order chi connectivity index (χ0) is 36.7. The Labute approximate surface area is 321 Å². The molecule has 0 saturated carbocycles. The quantitative estimate of drug-likeness (QED) is 0.178. The maximum atomic E-state index is 5.17. The Morgan fingerprint density at radius 2 is 0.804 bits per heavy atom. The molecule has 0 fully saturated rings. The summed E-state index contributed by atoms with van der Waals surface area (Å²) in [4.78, 5) is 15.3. The summed E-state index contributed by atoms with van der Waals surface area (Å²) in [6.45, 7) is 0. The van der Waals surface area contributed by atoms with Crippen LogP contribution in [0.3, 0.4) is 0 Å². The van der Waals surface area contributed by atoms with Crippen molar-refractivity contribution in [2.24, 2.45) is 0 Å². The Balaban J connectivity index is 1.11. The van der Waals surface area contributed by atoms with Gasteiger partial charge in [-0.05, 0) is 59.0 Å². The first kappa shape index (κ1) is 30.8. The van der Waals surface area contributed by atoms with E-state index in [9.17, 15) is 0 Å². The van der Waals surface area contributed by atoms with Gasteiger partial charge in [0.2, 0.25) is 0 Å². The molecule has 0 saturated heterocycles. The lowest BCUT2D eigenvalue weighted by atomic mass is 10.0. The first-order chi connectivity index (χ1) is 27.8. The Morgan fingerprint density at radius 1 is 0.304 bits per heavy atom. The van der Waals surface area contributed by atoms with E-state index >= 15 is 0 Å². The molecule has 5 nitrogen and oxygen atoms in total. The Hall–Kier alpha value is -7.63. The van der Waals surface area contributed by atoms with Gasteiger partial charge >= 0.3 is 0 Å². The Bertz CT molecular complexity index is 3470. The molecule has 0 atom stereocenters. The highest BCUT2D eigenvalue weighted by Crippen LogP contribution is 2.45. The highest BCUT2D eigenvalue weighted by atomic mass is 15.0. The molecule has 12 aromatic rings. The zero-order valence-electron chi connectivity index (χ0n) is 30.1. The summed E-state index contributed by atoms with van der Waals surface area (Å²) in [7, 11) is 0. The van der Waals surface area contributed by atoms with Gasteiger partial charge in [-0.15, -0.1) is 0 Å². The lowest BCUT2D eigenvalue weighted by Crippen LogP contribution is -2.01. The van der Waals surface area contributed by atoms with Crippen molar-refractivity contribution in [1.29, 1.82) is 0 Å². The van der Waals surface area contributed by atoms with Crippen LogP contribution in [0.2, 0.25) is 0 Å². The molecule has 4 heterocycles. The van der Waals surface area contributed by atoms with Crippen LogP contribution in [0.15, 0.2) is 188 Å². The number of hydrogen-bond donors (Lipinski definition) is 0. The predicted octanol–water partition coefficient (Wildman–Crippen LogP) is 12.8. The Kier molecular flexibility index (Phi) is 6.56. The molecule has 0 bridgehead atoms. The molecule has 0 amide bonds. The normalized spacial score (nSPS) is 11.9. The largest absolute Gasteiger partial charge is 0.309 e. The summed E-state index contributed by atoms with van der Waals surface area (Å²) in [5, 5.41) is 7.51. The lowest BCUT2D eigenvalue weighted by molar-refractivity contribution is 1.07. The second kappa shape index (κ2) is 11.9. The number of benzene rings is 8. The van der Waals surface area contributed by atoms with Gasteiger partial charge in [0.15, 0.2) is 17.5 Å². The van der Waals surface area contributed by atoms with Crippen molar-refractivity contribution in [3.63, 3.8) is 0 Å². The van der Waals surface area contributed by atoms with E-state index < -0.39 is 0 Å². The van der Waals surface area contributed by atoms with E-state index in [0.717, 1.165) is 44.5 Å². The second-order valence-corrected chi connectivity index (χ2v) is 14.4. The van der Waals surface area contributed by atoms with Crippen molar-refractivity contribution in [1.82, 2.24) is 23.9 Å². The van der Waals surface area contributed by atoms with Crippen molar-refractivity contribution >= 4 is 59.9 Å². The van der Waals surface area contributed by atoms with E-state index in [1.54, 1.807) is 0 Å². The van der Waals surface area contributed by atoms with Gasteiger partial charge in [-0.1, -0.05) is 146 Å². The van der Waals surface area contributed by atoms with Crippen LogP contribution < -0.4 is 0 Å². The standard InChI is InChI=1S/C51H31N5/c1-3-14-32(15-4-1)34-18-11-19-35(30-34)50-52-49(33-16-5-2-6-17-33)53-51(54-50)36-20-12-21-37(31-36)55-44-27-13-24-40-38-22-7-9-25-42(38)56-43-26-10-8-23-39(43)41-28-29-45(55)47(46(40)44)48(41)56/h1-31H. The third-order valence-electron chi connectivity index (χ3n) is 11.3. The van der Waals surface area contributed by atoms with Crippen LogP contribution in [0.4, 0.5) is 0 Å². The lowest BCUT2D eigenvalue weighted by Gasteiger charge is -2.12. The third kappa shape index (κ3) is 4.52. The van der Waals surface area contributed by atoms with Crippen LogP contribution in [0, 0.1) is 0 Å². The molecule has 0 unspecified atom stereocenters. The van der Waals surface area contributed by atoms with Crippen LogP contribution >= 0.6 is 0 Å². The van der Waals surface area contributed by atoms with E-state index in [-0.39, 0.29) is 0 Å². The predicted molar refractivity (Wildman–Crippen MR) is 231 cm³/mol. The van der Waals surface area contributed by atoms with Gasteiger partial charge in [0.1, 0.15) is 0 Å². The third-order valence-corrected chi connectivity index (χ3v) is 11.3. The van der Waals surface area contributed by atoms with Crippen molar-refractivity contribution in [3.8, 4) is 51.0 Å².